The number of anilines is 3. The maximum atomic E-state index is 12.6. The molecule has 27 heavy (non-hydrogen) atoms. The molecule has 3 aromatic heterocycles. The van der Waals surface area contributed by atoms with Gasteiger partial charge in [-0.3, -0.25) is 4.79 Å². The van der Waals surface area contributed by atoms with Crippen molar-refractivity contribution in [1.82, 2.24) is 24.9 Å². The maximum absolute atomic E-state index is 12.6. The van der Waals surface area contributed by atoms with Crippen LogP contribution in [0.2, 0.25) is 0 Å². The minimum absolute atomic E-state index is 0.0252. The van der Waals surface area contributed by atoms with E-state index in [0.29, 0.717) is 47.6 Å². The van der Waals surface area contributed by atoms with Crippen LogP contribution in [-0.2, 0) is 4.74 Å². The molecule has 4 heterocycles. The van der Waals surface area contributed by atoms with Crippen molar-refractivity contribution in [2.45, 2.75) is 6.04 Å². The van der Waals surface area contributed by atoms with Crippen LogP contribution >= 0.6 is 0 Å². The number of amides is 1. The third-order valence-electron chi connectivity index (χ3n) is 4.17. The zero-order chi connectivity index (χ0) is 18.8. The number of hydrogen-bond acceptors (Lipinski definition) is 8. The summed E-state index contributed by atoms with van der Waals surface area (Å²) in [6.45, 7) is 1.04. The number of fused-ring (bicyclic) bond motifs is 1. The molecule has 1 fully saturated rings. The summed E-state index contributed by atoms with van der Waals surface area (Å²) < 4.78 is 11.9. The van der Waals surface area contributed by atoms with Gasteiger partial charge in [-0.15, -0.1) is 0 Å². The summed E-state index contributed by atoms with van der Waals surface area (Å²) in [7, 11) is 3.32. The van der Waals surface area contributed by atoms with Gasteiger partial charge >= 0.3 is 0 Å². The van der Waals surface area contributed by atoms with E-state index in [0.717, 1.165) is 0 Å². The molecule has 0 spiro atoms. The Morgan fingerprint density at radius 1 is 1.41 bits per heavy atom. The molecule has 1 aliphatic heterocycles. The van der Waals surface area contributed by atoms with Gasteiger partial charge in [0.2, 0.25) is 5.88 Å². The zero-order valence-corrected chi connectivity index (χ0v) is 14.9. The Bertz CT molecular complexity index is 984. The van der Waals surface area contributed by atoms with Crippen molar-refractivity contribution in [3.8, 4) is 5.88 Å². The monoisotopic (exact) mass is 369 g/mol. The van der Waals surface area contributed by atoms with Crippen LogP contribution in [0.25, 0.3) is 5.65 Å². The molecule has 140 valence electrons. The second-order valence-corrected chi connectivity index (χ2v) is 5.96. The number of carbonyl (C=O) groups excluding carboxylic acids is 1. The number of aromatic nitrogens is 4. The molecule has 4 rings (SSSR count). The summed E-state index contributed by atoms with van der Waals surface area (Å²) in [5, 5.41) is 13.4. The Morgan fingerprint density at radius 2 is 2.26 bits per heavy atom. The number of methoxy groups -OCH3 is 1. The first-order valence-electron chi connectivity index (χ1n) is 8.40. The van der Waals surface area contributed by atoms with Crippen LogP contribution in [0, 0.1) is 0 Å². The number of carbonyl (C=O) groups is 1. The summed E-state index contributed by atoms with van der Waals surface area (Å²) in [5.74, 6) is 1.42. The van der Waals surface area contributed by atoms with Crippen LogP contribution < -0.4 is 20.7 Å². The fraction of sp³-hybridized carbons (Fsp3) is 0.294. The first kappa shape index (κ1) is 17.0. The van der Waals surface area contributed by atoms with E-state index in [1.54, 1.807) is 37.0 Å². The highest BCUT2D eigenvalue weighted by Crippen LogP contribution is 2.26. The molecule has 3 N–H and O–H groups in total. The lowest BCUT2D eigenvalue weighted by Gasteiger charge is -2.26. The highest BCUT2D eigenvalue weighted by molar-refractivity contribution is 6.00. The first-order valence-corrected chi connectivity index (χ1v) is 8.40. The van der Waals surface area contributed by atoms with Crippen LogP contribution in [-0.4, -0.2) is 58.9 Å². The average Bonchev–Trinajstić information content (AvgIpc) is 3.08. The van der Waals surface area contributed by atoms with Crippen molar-refractivity contribution in [2.75, 3.05) is 38.0 Å². The topological polar surface area (TPSA) is 115 Å². The molecule has 1 aliphatic rings. The third kappa shape index (κ3) is 3.22. The zero-order valence-electron chi connectivity index (χ0n) is 14.9. The van der Waals surface area contributed by atoms with Crippen molar-refractivity contribution in [1.29, 1.82) is 0 Å². The fourth-order valence-electron chi connectivity index (χ4n) is 2.73. The molecule has 0 atom stereocenters. The Balaban J connectivity index is 1.71. The molecule has 1 amide bonds. The second kappa shape index (κ2) is 7.08. The van der Waals surface area contributed by atoms with Crippen LogP contribution in [0.15, 0.2) is 30.6 Å². The van der Waals surface area contributed by atoms with E-state index in [4.69, 9.17) is 9.47 Å². The quantitative estimate of drug-likeness (QED) is 0.591. The van der Waals surface area contributed by atoms with E-state index >= 15 is 0 Å². The minimum Gasteiger partial charge on any atom is -0.480 e. The van der Waals surface area contributed by atoms with Crippen LogP contribution in [0.4, 0.5) is 17.3 Å². The Morgan fingerprint density at radius 3 is 2.96 bits per heavy atom. The highest BCUT2D eigenvalue weighted by Gasteiger charge is 2.24. The van der Waals surface area contributed by atoms with Crippen LogP contribution in [0.5, 0.6) is 5.88 Å². The van der Waals surface area contributed by atoms with Gasteiger partial charge < -0.3 is 25.4 Å². The molecule has 1 saturated heterocycles. The third-order valence-corrected chi connectivity index (χ3v) is 4.17. The number of hydrogen-bond donors (Lipinski definition) is 3. The van der Waals surface area contributed by atoms with Crippen molar-refractivity contribution in [3.63, 3.8) is 0 Å². The Labute approximate surface area is 154 Å². The van der Waals surface area contributed by atoms with E-state index in [-0.39, 0.29) is 11.9 Å². The number of nitrogens with zero attached hydrogens (tertiary/aromatic N) is 4. The highest BCUT2D eigenvalue weighted by atomic mass is 16.5. The average molecular weight is 369 g/mol. The van der Waals surface area contributed by atoms with Crippen molar-refractivity contribution < 1.29 is 14.3 Å². The summed E-state index contributed by atoms with van der Waals surface area (Å²) in [4.78, 5) is 21.3. The summed E-state index contributed by atoms with van der Waals surface area (Å²) >= 11 is 0. The van der Waals surface area contributed by atoms with Crippen molar-refractivity contribution in [2.24, 2.45) is 0 Å². The van der Waals surface area contributed by atoms with Gasteiger partial charge in [0.05, 0.1) is 32.6 Å². The van der Waals surface area contributed by atoms with Gasteiger partial charge in [-0.1, -0.05) is 0 Å². The summed E-state index contributed by atoms with van der Waals surface area (Å²) in [5.41, 5.74) is 1.49. The minimum atomic E-state index is -0.232. The lowest BCUT2D eigenvalue weighted by Crippen LogP contribution is -2.48. The summed E-state index contributed by atoms with van der Waals surface area (Å²) in [6, 6.07) is 5.43. The van der Waals surface area contributed by atoms with E-state index < -0.39 is 0 Å². The van der Waals surface area contributed by atoms with Gasteiger partial charge in [0.1, 0.15) is 22.9 Å². The lowest BCUT2D eigenvalue weighted by atomic mass is 10.2. The molecule has 0 aliphatic carbocycles. The van der Waals surface area contributed by atoms with Crippen molar-refractivity contribution in [3.05, 3.63) is 36.2 Å². The normalized spacial score (nSPS) is 13.9. The molecule has 0 unspecified atom stereocenters. The number of pyridine rings is 1. The van der Waals surface area contributed by atoms with Gasteiger partial charge in [0.25, 0.3) is 5.91 Å². The molecule has 0 aromatic carbocycles. The van der Waals surface area contributed by atoms with Gasteiger partial charge in [0, 0.05) is 19.3 Å². The molecule has 10 heteroatoms. The van der Waals surface area contributed by atoms with E-state index in [9.17, 15) is 4.79 Å². The van der Waals surface area contributed by atoms with E-state index in [2.05, 4.69) is 31.0 Å². The predicted molar refractivity (Wildman–Crippen MR) is 98.7 cm³/mol. The predicted octanol–water partition coefficient (Wildman–Crippen LogP) is 1.05. The largest absolute Gasteiger partial charge is 0.480 e. The second-order valence-electron chi connectivity index (χ2n) is 5.96. The SMILES string of the molecule is CNc1cc(Nc2cccnc2OC)nc2c(C(=O)NC3COC3)cnn12. The lowest BCUT2D eigenvalue weighted by molar-refractivity contribution is -0.00343. The van der Waals surface area contributed by atoms with E-state index in [1.807, 2.05) is 6.07 Å². The molecule has 0 radical (unpaired) electrons. The smallest absolute Gasteiger partial charge is 0.257 e. The maximum Gasteiger partial charge on any atom is 0.257 e. The van der Waals surface area contributed by atoms with Crippen LogP contribution in [0.3, 0.4) is 0 Å². The Hall–Kier alpha value is -3.40. The molecule has 3 aromatic rings. The Kier molecular flexibility index (Phi) is 4.47. The van der Waals surface area contributed by atoms with Crippen LogP contribution in [0.1, 0.15) is 10.4 Å². The standard InChI is InChI=1S/C17H19N7O3/c1-18-14-6-13(22-12-4-3-5-19-17(12)26-2)23-15-11(7-20-24(14)15)16(25)21-10-8-27-9-10/h3-7,10,18H,8-9H2,1-2H3,(H,21,25)(H,22,23). The number of rotatable bonds is 6. The molecule has 0 bridgehead atoms. The first-order chi connectivity index (χ1) is 13.2. The van der Waals surface area contributed by atoms with Gasteiger partial charge in [-0.05, 0) is 12.1 Å². The molecule has 10 nitrogen and oxygen atoms in total. The van der Waals surface area contributed by atoms with Gasteiger partial charge in [0.15, 0.2) is 5.65 Å². The summed E-state index contributed by atoms with van der Waals surface area (Å²) in [6.07, 6.45) is 3.15. The van der Waals surface area contributed by atoms with Gasteiger partial charge in [-0.25, -0.2) is 9.97 Å². The molecular formula is C17H19N7O3. The molecule has 0 saturated carbocycles. The van der Waals surface area contributed by atoms with Crippen molar-refractivity contribution >= 4 is 28.9 Å². The molecular weight excluding hydrogens is 350 g/mol. The number of nitrogens with one attached hydrogen (secondary N) is 3. The van der Waals surface area contributed by atoms with E-state index in [1.165, 1.54) is 6.20 Å². The fourth-order valence-corrected chi connectivity index (χ4v) is 2.73. The van der Waals surface area contributed by atoms with Gasteiger partial charge in [-0.2, -0.15) is 9.61 Å². The number of ether oxygens (including phenoxy) is 2.